The summed E-state index contributed by atoms with van der Waals surface area (Å²) in [5.41, 5.74) is 0.564. The zero-order valence-corrected chi connectivity index (χ0v) is 13.4. The second kappa shape index (κ2) is 7.09. The van der Waals surface area contributed by atoms with Crippen LogP contribution in [0.25, 0.3) is 0 Å². The van der Waals surface area contributed by atoms with E-state index in [1.54, 1.807) is 26.4 Å². The normalized spacial score (nSPS) is 18.6. The third-order valence-electron chi connectivity index (χ3n) is 3.47. The number of rotatable bonds is 5. The molecular weight excluding hydrogens is 324 g/mol. The maximum Gasteiger partial charge on any atom is 0.169 e. The van der Waals surface area contributed by atoms with Crippen molar-refractivity contribution >= 4 is 21.7 Å². The van der Waals surface area contributed by atoms with Gasteiger partial charge in [-0.2, -0.15) is 0 Å². The molecule has 0 saturated carbocycles. The fourth-order valence-electron chi connectivity index (χ4n) is 2.40. The van der Waals surface area contributed by atoms with Gasteiger partial charge in [-0.1, -0.05) is 0 Å². The Balaban J connectivity index is 2.18. The van der Waals surface area contributed by atoms with Gasteiger partial charge in [0, 0.05) is 13.0 Å². The average molecular weight is 343 g/mol. The van der Waals surface area contributed by atoms with Crippen molar-refractivity contribution in [3.63, 3.8) is 0 Å². The zero-order valence-electron chi connectivity index (χ0n) is 11.8. The van der Waals surface area contributed by atoms with Crippen molar-refractivity contribution in [2.24, 2.45) is 0 Å². The van der Waals surface area contributed by atoms with Gasteiger partial charge in [0.05, 0.1) is 25.9 Å². The Labute approximate surface area is 127 Å². The topological polar surface area (TPSA) is 44.8 Å². The molecule has 0 spiro atoms. The molecule has 0 radical (unpaired) electrons. The maximum atomic E-state index is 12.4. The summed E-state index contributed by atoms with van der Waals surface area (Å²) in [6.07, 6.45) is 3.59. The summed E-state index contributed by atoms with van der Waals surface area (Å²) in [7, 11) is 3.13. The van der Waals surface area contributed by atoms with Gasteiger partial charge in [0.25, 0.3) is 0 Å². The molecule has 1 unspecified atom stereocenters. The van der Waals surface area contributed by atoms with E-state index in [2.05, 4.69) is 15.9 Å². The monoisotopic (exact) mass is 342 g/mol. The van der Waals surface area contributed by atoms with E-state index in [1.807, 2.05) is 0 Å². The zero-order chi connectivity index (χ0) is 14.5. The number of hydrogen-bond donors (Lipinski definition) is 0. The van der Waals surface area contributed by atoms with Crippen molar-refractivity contribution in [2.45, 2.75) is 31.8 Å². The largest absolute Gasteiger partial charge is 0.495 e. The third-order valence-corrected chi connectivity index (χ3v) is 4.22. The number of benzene rings is 1. The lowest BCUT2D eigenvalue weighted by Gasteiger charge is -2.22. The molecule has 1 aliphatic heterocycles. The van der Waals surface area contributed by atoms with E-state index in [9.17, 15) is 4.79 Å². The Hall–Kier alpha value is -1.07. The van der Waals surface area contributed by atoms with Crippen LogP contribution in [0.2, 0.25) is 0 Å². The van der Waals surface area contributed by atoms with Gasteiger partial charge in [0.2, 0.25) is 0 Å². The molecule has 0 amide bonds. The molecule has 1 aromatic carbocycles. The quantitative estimate of drug-likeness (QED) is 0.766. The SMILES string of the molecule is COc1ccc(C(=O)CC2CCCCO2)c(OC)c1Br. The molecule has 1 heterocycles. The fraction of sp³-hybridized carbons (Fsp3) is 0.533. The number of halogens is 1. The van der Waals surface area contributed by atoms with E-state index in [0.29, 0.717) is 28.0 Å². The molecule has 0 N–H and O–H groups in total. The van der Waals surface area contributed by atoms with Crippen LogP contribution in [0.4, 0.5) is 0 Å². The summed E-state index contributed by atoms with van der Waals surface area (Å²) in [6.45, 7) is 0.751. The summed E-state index contributed by atoms with van der Waals surface area (Å²) in [6, 6.07) is 3.51. The van der Waals surface area contributed by atoms with Crippen LogP contribution in [-0.4, -0.2) is 32.7 Å². The van der Waals surface area contributed by atoms with Gasteiger partial charge >= 0.3 is 0 Å². The summed E-state index contributed by atoms with van der Waals surface area (Å²) in [4.78, 5) is 12.4. The molecule has 1 aliphatic rings. The van der Waals surface area contributed by atoms with Crippen LogP contribution in [0.15, 0.2) is 16.6 Å². The van der Waals surface area contributed by atoms with E-state index < -0.39 is 0 Å². The summed E-state index contributed by atoms with van der Waals surface area (Å²) in [5.74, 6) is 1.20. The van der Waals surface area contributed by atoms with Crippen LogP contribution in [0.5, 0.6) is 11.5 Å². The first-order valence-electron chi connectivity index (χ1n) is 6.72. The van der Waals surface area contributed by atoms with Crippen molar-refractivity contribution in [2.75, 3.05) is 20.8 Å². The van der Waals surface area contributed by atoms with Crippen LogP contribution in [-0.2, 0) is 4.74 Å². The molecule has 1 fully saturated rings. The lowest BCUT2D eigenvalue weighted by atomic mass is 9.99. The smallest absolute Gasteiger partial charge is 0.169 e. The first-order valence-corrected chi connectivity index (χ1v) is 7.52. The highest BCUT2D eigenvalue weighted by Gasteiger charge is 2.23. The molecule has 0 aliphatic carbocycles. The number of carbonyl (C=O) groups is 1. The summed E-state index contributed by atoms with van der Waals surface area (Å²) >= 11 is 3.41. The second-order valence-corrected chi connectivity index (χ2v) is 5.57. The molecule has 20 heavy (non-hydrogen) atoms. The molecule has 0 aromatic heterocycles. The van der Waals surface area contributed by atoms with E-state index >= 15 is 0 Å². The highest BCUT2D eigenvalue weighted by Crippen LogP contribution is 2.38. The van der Waals surface area contributed by atoms with Gasteiger partial charge in [-0.15, -0.1) is 0 Å². The minimum absolute atomic E-state index is 0.0295. The average Bonchev–Trinajstić information content (AvgIpc) is 2.47. The molecule has 2 rings (SSSR count). The highest BCUT2D eigenvalue weighted by atomic mass is 79.9. The molecule has 1 atom stereocenters. The van der Waals surface area contributed by atoms with E-state index in [-0.39, 0.29) is 11.9 Å². The van der Waals surface area contributed by atoms with Gasteiger partial charge in [-0.25, -0.2) is 0 Å². The fourth-order valence-corrected chi connectivity index (χ4v) is 3.07. The number of hydrogen-bond acceptors (Lipinski definition) is 4. The van der Waals surface area contributed by atoms with Gasteiger partial charge in [-0.05, 0) is 47.3 Å². The number of ether oxygens (including phenoxy) is 3. The van der Waals surface area contributed by atoms with Crippen molar-refractivity contribution in [3.05, 3.63) is 22.2 Å². The number of methoxy groups -OCH3 is 2. The minimum atomic E-state index is 0.0295. The second-order valence-electron chi connectivity index (χ2n) is 4.78. The Morgan fingerprint density at radius 3 is 2.75 bits per heavy atom. The van der Waals surface area contributed by atoms with Crippen LogP contribution < -0.4 is 9.47 Å². The number of ketones is 1. The van der Waals surface area contributed by atoms with E-state index in [4.69, 9.17) is 14.2 Å². The molecule has 0 bridgehead atoms. The van der Waals surface area contributed by atoms with Gasteiger partial charge in [0.15, 0.2) is 5.78 Å². The van der Waals surface area contributed by atoms with Crippen LogP contribution in [0.3, 0.4) is 0 Å². The maximum absolute atomic E-state index is 12.4. The molecule has 5 heteroatoms. The van der Waals surface area contributed by atoms with Crippen molar-refractivity contribution < 1.29 is 19.0 Å². The van der Waals surface area contributed by atoms with E-state index in [1.165, 1.54) is 0 Å². The lowest BCUT2D eigenvalue weighted by Crippen LogP contribution is -2.22. The minimum Gasteiger partial charge on any atom is -0.495 e. The van der Waals surface area contributed by atoms with Gasteiger partial charge in [-0.3, -0.25) is 4.79 Å². The Bertz CT molecular complexity index is 481. The van der Waals surface area contributed by atoms with Gasteiger partial charge < -0.3 is 14.2 Å². The molecule has 1 aromatic rings. The lowest BCUT2D eigenvalue weighted by molar-refractivity contribution is 0.0128. The van der Waals surface area contributed by atoms with Crippen molar-refractivity contribution in [1.29, 1.82) is 0 Å². The summed E-state index contributed by atoms with van der Waals surface area (Å²) in [5, 5.41) is 0. The van der Waals surface area contributed by atoms with Crippen molar-refractivity contribution in [1.82, 2.24) is 0 Å². The Kier molecular flexibility index (Phi) is 5.43. The molecule has 1 saturated heterocycles. The Morgan fingerprint density at radius 1 is 1.35 bits per heavy atom. The first kappa shape index (κ1) is 15.3. The molecule has 110 valence electrons. The van der Waals surface area contributed by atoms with E-state index in [0.717, 1.165) is 25.9 Å². The van der Waals surface area contributed by atoms with Crippen LogP contribution in [0, 0.1) is 0 Å². The summed E-state index contributed by atoms with van der Waals surface area (Å²) < 4.78 is 16.8. The van der Waals surface area contributed by atoms with Crippen LogP contribution in [0.1, 0.15) is 36.0 Å². The predicted octanol–water partition coefficient (Wildman–Crippen LogP) is 3.61. The first-order chi connectivity index (χ1) is 9.67. The molecular formula is C15H19BrO4. The van der Waals surface area contributed by atoms with Gasteiger partial charge in [0.1, 0.15) is 16.0 Å². The third kappa shape index (κ3) is 3.33. The number of Topliss-reactive ketones (excluding diaryl/α,β-unsaturated/α-hetero) is 1. The standard InChI is InChI=1S/C15H19BrO4/c1-18-13-7-6-11(15(19-2)14(13)16)12(17)9-10-5-3-4-8-20-10/h6-7,10H,3-5,8-9H2,1-2H3. The van der Waals surface area contributed by atoms with Crippen LogP contribution >= 0.6 is 15.9 Å². The number of carbonyl (C=O) groups excluding carboxylic acids is 1. The predicted molar refractivity (Wildman–Crippen MR) is 79.8 cm³/mol. The Morgan fingerprint density at radius 2 is 2.15 bits per heavy atom. The van der Waals surface area contributed by atoms with Crippen molar-refractivity contribution in [3.8, 4) is 11.5 Å². The highest BCUT2D eigenvalue weighted by molar-refractivity contribution is 9.10. The molecule has 4 nitrogen and oxygen atoms in total.